The topological polar surface area (TPSA) is 113 Å². The summed E-state index contributed by atoms with van der Waals surface area (Å²) < 4.78 is 11.9. The van der Waals surface area contributed by atoms with Crippen LogP contribution in [-0.2, 0) is 28.9 Å². The number of carbonyl (C=O) groups excluding carboxylic acids is 2. The maximum absolute atomic E-state index is 12.9. The number of aryl methyl sites for hydroxylation is 4. The second-order valence-electron chi connectivity index (χ2n) is 10.3. The zero-order valence-corrected chi connectivity index (χ0v) is 20.5. The molecule has 7 heteroatoms. The first-order valence-electron chi connectivity index (χ1n) is 12.8. The van der Waals surface area contributed by atoms with Gasteiger partial charge in [0, 0.05) is 52.8 Å². The highest BCUT2D eigenvalue weighted by Gasteiger charge is 2.24. The molecule has 0 unspecified atom stereocenters. The maximum Gasteiger partial charge on any atom is 0.339 e. The van der Waals surface area contributed by atoms with Gasteiger partial charge in [0.15, 0.2) is 0 Å². The van der Waals surface area contributed by atoms with Gasteiger partial charge in [0.25, 0.3) is 0 Å². The van der Waals surface area contributed by atoms with Gasteiger partial charge in [-0.15, -0.1) is 0 Å². The molecule has 1 N–H and O–H groups in total. The summed E-state index contributed by atoms with van der Waals surface area (Å²) in [4.78, 5) is 36.4. The van der Waals surface area contributed by atoms with Crippen molar-refractivity contribution in [3.05, 3.63) is 44.5 Å². The third kappa shape index (κ3) is 4.48. The summed E-state index contributed by atoms with van der Waals surface area (Å²) in [5, 5.41) is 16.0. The summed E-state index contributed by atoms with van der Waals surface area (Å²) in [6, 6.07) is 2.09. The lowest BCUT2D eigenvalue weighted by atomic mass is 9.82. The number of benzene rings is 1. The maximum atomic E-state index is 12.9. The highest BCUT2D eigenvalue weighted by molar-refractivity contribution is 6.00. The average Bonchev–Trinajstić information content (AvgIpc) is 3.23. The fraction of sp³-hybridized carbons (Fsp3) is 0.536. The lowest BCUT2D eigenvalue weighted by Crippen LogP contribution is -2.36. The summed E-state index contributed by atoms with van der Waals surface area (Å²) in [7, 11) is 0. The van der Waals surface area contributed by atoms with Crippen molar-refractivity contribution in [2.24, 2.45) is 11.8 Å². The van der Waals surface area contributed by atoms with Crippen molar-refractivity contribution < 1.29 is 23.5 Å². The van der Waals surface area contributed by atoms with E-state index in [2.05, 4.69) is 11.4 Å². The van der Waals surface area contributed by atoms with Crippen LogP contribution in [0.3, 0.4) is 0 Å². The van der Waals surface area contributed by atoms with Gasteiger partial charge in [-0.1, -0.05) is 0 Å². The first-order chi connectivity index (χ1) is 16.8. The van der Waals surface area contributed by atoms with E-state index < -0.39 is 11.6 Å². The van der Waals surface area contributed by atoms with Gasteiger partial charge in [-0.25, -0.2) is 4.79 Å². The zero-order valence-electron chi connectivity index (χ0n) is 20.5. The number of nitrogens with one attached hydrogen (secondary N) is 1. The van der Waals surface area contributed by atoms with Gasteiger partial charge in [-0.2, -0.15) is 0 Å². The number of carbonyl (C=O) groups is 2. The molecule has 5 rings (SSSR count). The molecule has 0 atom stereocenters. The molecule has 2 aliphatic carbocycles. The van der Waals surface area contributed by atoms with Crippen LogP contribution < -0.4 is 16.0 Å². The predicted octanol–water partition coefficient (Wildman–Crippen LogP) is 3.64. The van der Waals surface area contributed by atoms with Crippen LogP contribution in [0.5, 0.6) is 0 Å². The monoisotopic (exact) mass is 478 g/mol. The Labute approximate surface area is 203 Å². The van der Waals surface area contributed by atoms with Crippen LogP contribution in [0.15, 0.2) is 19.7 Å². The van der Waals surface area contributed by atoms with E-state index in [-0.39, 0.29) is 24.2 Å². The fourth-order valence-corrected chi connectivity index (χ4v) is 5.89. The average molecular weight is 479 g/mol. The molecule has 0 spiro atoms. The lowest BCUT2D eigenvalue weighted by Gasteiger charge is -2.29. The van der Waals surface area contributed by atoms with Gasteiger partial charge in [0.05, 0.1) is 0 Å². The molecule has 35 heavy (non-hydrogen) atoms. The lowest BCUT2D eigenvalue weighted by molar-refractivity contribution is -0.312. The molecule has 0 radical (unpaired) electrons. The number of hydrogen-bond acceptors (Lipinski definition) is 6. The van der Waals surface area contributed by atoms with Gasteiger partial charge in [-0.05, 0) is 88.7 Å². The SMILES string of the molecule is Cc1c(CCC(=O)NCC2CCC(C(=O)[O-])CC2)c(=O)oc2c(C)c3oc4c(c3cc12)CCCC4. The van der Waals surface area contributed by atoms with Crippen LogP contribution >= 0.6 is 0 Å². The Morgan fingerprint density at radius 3 is 2.46 bits per heavy atom. The number of amides is 1. The fourth-order valence-electron chi connectivity index (χ4n) is 5.89. The summed E-state index contributed by atoms with van der Waals surface area (Å²) in [5.74, 6) is -0.112. The summed E-state index contributed by atoms with van der Waals surface area (Å²) >= 11 is 0. The molecule has 7 nitrogen and oxygen atoms in total. The Hall–Kier alpha value is -3.09. The van der Waals surface area contributed by atoms with Crippen molar-refractivity contribution in [3.63, 3.8) is 0 Å². The number of hydrogen-bond donors (Lipinski definition) is 1. The summed E-state index contributed by atoms with van der Waals surface area (Å²) in [6.07, 6.45) is 7.51. The summed E-state index contributed by atoms with van der Waals surface area (Å²) in [6.45, 7) is 4.41. The van der Waals surface area contributed by atoms with Crippen molar-refractivity contribution in [3.8, 4) is 0 Å². The van der Waals surface area contributed by atoms with E-state index in [1.807, 2.05) is 13.8 Å². The standard InChI is InChI=1S/C28H33NO6/c1-15-19(11-12-24(30)29-14-17-7-9-18(10-8-17)27(31)32)28(33)35-25-16(2)26-22(13-21(15)25)20-5-3-4-6-23(20)34-26/h13,17-18H,3-12,14H2,1-2H3,(H,29,30)(H,31,32)/p-1. The molecule has 1 aromatic carbocycles. The Morgan fingerprint density at radius 1 is 1.00 bits per heavy atom. The molecule has 2 aromatic heterocycles. The minimum Gasteiger partial charge on any atom is -0.550 e. The number of fused-ring (bicyclic) bond motifs is 4. The highest BCUT2D eigenvalue weighted by atomic mass is 16.4. The first kappa shape index (κ1) is 23.6. The van der Waals surface area contributed by atoms with Crippen molar-refractivity contribution in [1.82, 2.24) is 5.32 Å². The Bertz CT molecular complexity index is 1360. The Kier molecular flexibility index (Phi) is 6.43. The molecule has 1 amide bonds. The van der Waals surface area contributed by atoms with E-state index in [0.717, 1.165) is 71.8 Å². The number of aliphatic carboxylic acids is 1. The van der Waals surface area contributed by atoms with E-state index in [1.54, 1.807) is 0 Å². The smallest absolute Gasteiger partial charge is 0.339 e. The molecule has 0 aliphatic heterocycles. The van der Waals surface area contributed by atoms with Crippen LogP contribution in [0.25, 0.3) is 21.9 Å². The van der Waals surface area contributed by atoms with Gasteiger partial charge >= 0.3 is 5.63 Å². The molecular weight excluding hydrogens is 446 g/mol. The van der Waals surface area contributed by atoms with E-state index in [0.29, 0.717) is 37.0 Å². The van der Waals surface area contributed by atoms with E-state index >= 15 is 0 Å². The van der Waals surface area contributed by atoms with Crippen LogP contribution in [0.4, 0.5) is 0 Å². The summed E-state index contributed by atoms with van der Waals surface area (Å²) in [5.41, 5.74) is 4.50. The van der Waals surface area contributed by atoms with Crippen molar-refractivity contribution in [1.29, 1.82) is 0 Å². The number of rotatable bonds is 6. The molecule has 1 fully saturated rings. The third-order valence-electron chi connectivity index (χ3n) is 8.09. The second-order valence-corrected chi connectivity index (χ2v) is 10.3. The van der Waals surface area contributed by atoms with E-state index in [1.165, 1.54) is 5.56 Å². The van der Waals surface area contributed by atoms with Gasteiger partial charge in [0.2, 0.25) is 5.91 Å². The quantitative estimate of drug-likeness (QED) is 0.541. The molecule has 3 aromatic rings. The second kappa shape index (κ2) is 9.51. The Balaban J connectivity index is 1.30. The van der Waals surface area contributed by atoms with Crippen LogP contribution in [0.1, 0.15) is 73.0 Å². The minimum absolute atomic E-state index is 0.110. The molecule has 0 saturated heterocycles. The van der Waals surface area contributed by atoms with Crippen LogP contribution in [0.2, 0.25) is 0 Å². The normalized spacial score (nSPS) is 20.2. The number of furan rings is 1. The van der Waals surface area contributed by atoms with Gasteiger partial charge < -0.3 is 24.1 Å². The molecular formula is C28H32NO6-. The zero-order chi connectivity index (χ0) is 24.7. The highest BCUT2D eigenvalue weighted by Crippen LogP contribution is 2.38. The van der Waals surface area contributed by atoms with Crippen LogP contribution in [-0.4, -0.2) is 18.4 Å². The molecule has 2 heterocycles. The van der Waals surface area contributed by atoms with E-state index in [4.69, 9.17) is 8.83 Å². The molecule has 2 aliphatic rings. The van der Waals surface area contributed by atoms with Crippen molar-refractivity contribution in [2.45, 2.75) is 78.1 Å². The third-order valence-corrected chi connectivity index (χ3v) is 8.09. The Morgan fingerprint density at radius 2 is 1.71 bits per heavy atom. The minimum atomic E-state index is -0.972. The first-order valence-corrected chi connectivity index (χ1v) is 12.8. The number of carboxylic acid groups (broad SMARTS) is 1. The molecule has 186 valence electrons. The van der Waals surface area contributed by atoms with E-state index in [9.17, 15) is 19.5 Å². The van der Waals surface area contributed by atoms with Crippen molar-refractivity contribution in [2.75, 3.05) is 6.54 Å². The predicted molar refractivity (Wildman–Crippen MR) is 130 cm³/mol. The van der Waals surface area contributed by atoms with Crippen LogP contribution in [0, 0.1) is 25.7 Å². The molecule has 0 bridgehead atoms. The molecule has 1 saturated carbocycles. The van der Waals surface area contributed by atoms with Gasteiger partial charge in [0.1, 0.15) is 16.9 Å². The van der Waals surface area contributed by atoms with Crippen molar-refractivity contribution >= 4 is 33.8 Å². The number of carboxylic acids is 1. The van der Waals surface area contributed by atoms with Gasteiger partial charge in [-0.3, -0.25) is 4.79 Å². The largest absolute Gasteiger partial charge is 0.550 e.